The SMILES string of the molecule is CC(C(=O)c1c[nH]c2ccccc12)N1CCC(O)CC1. The molecule has 106 valence electrons. The molecule has 2 N–H and O–H groups in total. The van der Waals surface area contributed by atoms with E-state index in [1.165, 1.54) is 0 Å². The molecule has 1 fully saturated rings. The summed E-state index contributed by atoms with van der Waals surface area (Å²) in [6.45, 7) is 3.54. The van der Waals surface area contributed by atoms with Crippen LogP contribution in [0, 0.1) is 0 Å². The Kier molecular flexibility index (Phi) is 3.59. The van der Waals surface area contributed by atoms with Crippen LogP contribution in [-0.2, 0) is 0 Å². The van der Waals surface area contributed by atoms with Crippen LogP contribution in [0.15, 0.2) is 30.5 Å². The number of nitrogens with one attached hydrogen (secondary N) is 1. The average molecular weight is 272 g/mol. The molecule has 1 aromatic heterocycles. The van der Waals surface area contributed by atoms with Gasteiger partial charge in [-0.2, -0.15) is 0 Å². The molecule has 1 atom stereocenters. The van der Waals surface area contributed by atoms with Crippen molar-refractivity contribution in [1.82, 2.24) is 9.88 Å². The first-order chi connectivity index (χ1) is 9.66. The van der Waals surface area contributed by atoms with Crippen LogP contribution in [0.3, 0.4) is 0 Å². The van der Waals surface area contributed by atoms with Crippen molar-refractivity contribution in [1.29, 1.82) is 0 Å². The molecule has 1 aliphatic rings. The minimum absolute atomic E-state index is 0.137. The molecule has 0 radical (unpaired) electrons. The highest BCUT2D eigenvalue weighted by Gasteiger charge is 2.27. The number of H-pyrrole nitrogens is 1. The number of Topliss-reactive ketones (excluding diaryl/α,β-unsaturated/α-hetero) is 1. The van der Waals surface area contributed by atoms with E-state index in [9.17, 15) is 9.90 Å². The van der Waals surface area contributed by atoms with Crippen molar-refractivity contribution in [3.05, 3.63) is 36.0 Å². The molecule has 4 nitrogen and oxygen atoms in total. The first-order valence-electron chi connectivity index (χ1n) is 7.19. The lowest BCUT2D eigenvalue weighted by Gasteiger charge is -2.33. The van der Waals surface area contributed by atoms with E-state index in [0.29, 0.717) is 0 Å². The van der Waals surface area contributed by atoms with Gasteiger partial charge in [-0.05, 0) is 25.8 Å². The first-order valence-corrected chi connectivity index (χ1v) is 7.19. The van der Waals surface area contributed by atoms with E-state index in [1.54, 1.807) is 0 Å². The maximum Gasteiger partial charge on any atom is 0.181 e. The predicted octanol–water partition coefficient (Wildman–Crippen LogP) is 2.20. The van der Waals surface area contributed by atoms with Gasteiger partial charge in [0.25, 0.3) is 0 Å². The van der Waals surface area contributed by atoms with Gasteiger partial charge in [-0.15, -0.1) is 0 Å². The molecule has 1 unspecified atom stereocenters. The number of benzene rings is 1. The fourth-order valence-electron chi connectivity index (χ4n) is 2.94. The second-order valence-corrected chi connectivity index (χ2v) is 5.56. The third-order valence-corrected chi connectivity index (χ3v) is 4.28. The maximum atomic E-state index is 12.7. The predicted molar refractivity (Wildman–Crippen MR) is 78.9 cm³/mol. The second-order valence-electron chi connectivity index (χ2n) is 5.56. The number of ketones is 1. The van der Waals surface area contributed by atoms with E-state index in [2.05, 4.69) is 9.88 Å². The van der Waals surface area contributed by atoms with Gasteiger partial charge in [-0.25, -0.2) is 0 Å². The normalized spacial score (nSPS) is 19.3. The smallest absolute Gasteiger partial charge is 0.181 e. The maximum absolute atomic E-state index is 12.7. The van der Waals surface area contributed by atoms with Gasteiger partial charge in [0, 0.05) is 35.8 Å². The Morgan fingerprint density at radius 2 is 2.05 bits per heavy atom. The van der Waals surface area contributed by atoms with Crippen molar-refractivity contribution in [3.8, 4) is 0 Å². The Balaban J connectivity index is 1.81. The van der Waals surface area contributed by atoms with Gasteiger partial charge in [0.1, 0.15) is 0 Å². The van der Waals surface area contributed by atoms with Gasteiger partial charge in [-0.1, -0.05) is 18.2 Å². The number of carbonyl (C=O) groups is 1. The number of rotatable bonds is 3. The van der Waals surface area contributed by atoms with Crippen molar-refractivity contribution in [2.75, 3.05) is 13.1 Å². The van der Waals surface area contributed by atoms with Gasteiger partial charge in [0.2, 0.25) is 0 Å². The van der Waals surface area contributed by atoms with Crippen molar-refractivity contribution < 1.29 is 9.90 Å². The Labute approximate surface area is 118 Å². The summed E-state index contributed by atoms with van der Waals surface area (Å²) in [6.07, 6.45) is 3.11. The van der Waals surface area contributed by atoms with E-state index in [1.807, 2.05) is 37.4 Å². The van der Waals surface area contributed by atoms with Gasteiger partial charge in [-0.3, -0.25) is 9.69 Å². The number of carbonyl (C=O) groups excluding carboxylic acids is 1. The zero-order valence-corrected chi connectivity index (χ0v) is 11.7. The van der Waals surface area contributed by atoms with Gasteiger partial charge in [0.05, 0.1) is 12.1 Å². The summed E-state index contributed by atoms with van der Waals surface area (Å²) in [4.78, 5) is 18.0. The second kappa shape index (κ2) is 5.38. The van der Waals surface area contributed by atoms with Crippen LogP contribution < -0.4 is 0 Å². The zero-order chi connectivity index (χ0) is 14.1. The molecule has 2 heterocycles. The quantitative estimate of drug-likeness (QED) is 0.842. The molecule has 0 amide bonds. The van der Waals surface area contributed by atoms with Gasteiger partial charge < -0.3 is 10.1 Å². The minimum Gasteiger partial charge on any atom is -0.393 e. The molecular formula is C16H20N2O2. The lowest BCUT2D eigenvalue weighted by Crippen LogP contribution is -2.45. The van der Waals surface area contributed by atoms with Crippen molar-refractivity contribution >= 4 is 16.7 Å². The molecule has 0 bridgehead atoms. The Morgan fingerprint density at radius 3 is 2.80 bits per heavy atom. The summed E-state index contributed by atoms with van der Waals surface area (Å²) in [5.74, 6) is 0.152. The third kappa shape index (κ3) is 2.37. The number of nitrogens with zero attached hydrogens (tertiary/aromatic N) is 1. The van der Waals surface area contributed by atoms with Crippen LogP contribution in [0.4, 0.5) is 0 Å². The topological polar surface area (TPSA) is 56.3 Å². The van der Waals surface area contributed by atoms with Crippen LogP contribution in [0.25, 0.3) is 10.9 Å². The van der Waals surface area contributed by atoms with E-state index < -0.39 is 0 Å². The Morgan fingerprint density at radius 1 is 1.35 bits per heavy atom. The largest absolute Gasteiger partial charge is 0.393 e. The molecule has 0 aliphatic carbocycles. The van der Waals surface area contributed by atoms with E-state index in [4.69, 9.17) is 0 Å². The summed E-state index contributed by atoms with van der Waals surface area (Å²) < 4.78 is 0. The molecule has 0 saturated carbocycles. The summed E-state index contributed by atoms with van der Waals surface area (Å²) in [5.41, 5.74) is 1.76. The number of likely N-dealkylation sites (tertiary alicyclic amines) is 1. The number of hydrogen-bond acceptors (Lipinski definition) is 3. The fourth-order valence-corrected chi connectivity index (χ4v) is 2.94. The number of hydrogen-bond donors (Lipinski definition) is 2. The number of piperidine rings is 1. The first kappa shape index (κ1) is 13.3. The summed E-state index contributed by atoms with van der Waals surface area (Å²) in [6, 6.07) is 7.73. The molecule has 3 rings (SSSR count). The summed E-state index contributed by atoms with van der Waals surface area (Å²) >= 11 is 0. The molecule has 1 saturated heterocycles. The van der Waals surface area contributed by atoms with Crippen molar-refractivity contribution in [3.63, 3.8) is 0 Å². The lowest BCUT2D eigenvalue weighted by molar-refractivity contribution is 0.0550. The highest BCUT2D eigenvalue weighted by Crippen LogP contribution is 2.22. The summed E-state index contributed by atoms with van der Waals surface area (Å²) in [7, 11) is 0. The van der Waals surface area contributed by atoms with Crippen LogP contribution in [0.5, 0.6) is 0 Å². The average Bonchev–Trinajstić information content (AvgIpc) is 2.90. The molecule has 20 heavy (non-hydrogen) atoms. The van der Waals surface area contributed by atoms with Crippen LogP contribution >= 0.6 is 0 Å². The number of aromatic nitrogens is 1. The van der Waals surface area contributed by atoms with Crippen molar-refractivity contribution in [2.24, 2.45) is 0 Å². The van der Waals surface area contributed by atoms with E-state index in [-0.39, 0.29) is 17.9 Å². The Hall–Kier alpha value is -1.65. The highest BCUT2D eigenvalue weighted by molar-refractivity contribution is 6.10. The molecule has 2 aromatic rings. The highest BCUT2D eigenvalue weighted by atomic mass is 16.3. The molecule has 1 aliphatic heterocycles. The van der Waals surface area contributed by atoms with Crippen LogP contribution in [0.1, 0.15) is 30.1 Å². The molecular weight excluding hydrogens is 252 g/mol. The number of para-hydroxylation sites is 1. The van der Waals surface area contributed by atoms with Gasteiger partial charge in [0.15, 0.2) is 5.78 Å². The third-order valence-electron chi connectivity index (χ3n) is 4.28. The van der Waals surface area contributed by atoms with E-state index in [0.717, 1.165) is 42.4 Å². The number of aliphatic hydroxyl groups is 1. The fraction of sp³-hybridized carbons (Fsp3) is 0.438. The number of aliphatic hydroxyl groups excluding tert-OH is 1. The zero-order valence-electron chi connectivity index (χ0n) is 11.7. The number of fused-ring (bicyclic) bond motifs is 1. The molecule has 1 aromatic carbocycles. The monoisotopic (exact) mass is 272 g/mol. The Bertz CT molecular complexity index is 612. The lowest BCUT2D eigenvalue weighted by atomic mass is 10.00. The molecule has 4 heteroatoms. The minimum atomic E-state index is -0.207. The van der Waals surface area contributed by atoms with Crippen molar-refractivity contribution in [2.45, 2.75) is 31.9 Å². The molecule has 0 spiro atoms. The van der Waals surface area contributed by atoms with Crippen LogP contribution in [0.2, 0.25) is 0 Å². The standard InChI is InChI=1S/C16H20N2O2/c1-11(18-8-6-12(19)7-9-18)16(20)14-10-17-15-5-3-2-4-13(14)15/h2-5,10-12,17,19H,6-9H2,1H3. The van der Waals surface area contributed by atoms with Gasteiger partial charge >= 0.3 is 0 Å². The van der Waals surface area contributed by atoms with E-state index >= 15 is 0 Å². The van der Waals surface area contributed by atoms with Crippen LogP contribution in [-0.4, -0.2) is 46.0 Å². The number of aromatic amines is 1. The summed E-state index contributed by atoms with van der Waals surface area (Å²) in [5, 5.41) is 10.5.